The number of anilines is 1. The van der Waals surface area contributed by atoms with Crippen LogP contribution in [-0.2, 0) is 16.1 Å². The lowest BCUT2D eigenvalue weighted by Gasteiger charge is -2.24. The maximum atomic E-state index is 13.5. The molecule has 0 spiro atoms. The minimum absolute atomic E-state index is 0.0392. The molecule has 0 fully saturated rings. The first-order valence-corrected chi connectivity index (χ1v) is 12.4. The number of hydrogen-bond donors (Lipinski definition) is 1. The molecule has 1 amide bonds. The molecule has 34 heavy (non-hydrogen) atoms. The Labute approximate surface area is 204 Å². The average molecular weight is 474 g/mol. The van der Waals surface area contributed by atoms with Crippen LogP contribution in [0.15, 0.2) is 18.2 Å². The van der Waals surface area contributed by atoms with Crippen LogP contribution in [0.5, 0.6) is 0 Å². The van der Waals surface area contributed by atoms with E-state index in [1.165, 1.54) is 7.11 Å². The molecule has 0 aliphatic carbocycles. The van der Waals surface area contributed by atoms with Crippen LogP contribution in [0.25, 0.3) is 11.0 Å². The van der Waals surface area contributed by atoms with E-state index in [9.17, 15) is 9.59 Å². The van der Waals surface area contributed by atoms with Crippen molar-refractivity contribution >= 4 is 28.9 Å². The molecule has 0 atom stereocenters. The van der Waals surface area contributed by atoms with Gasteiger partial charge in [-0.3, -0.25) is 9.59 Å². The molecule has 1 N–H and O–H groups in total. The van der Waals surface area contributed by atoms with Gasteiger partial charge < -0.3 is 24.4 Å². The summed E-state index contributed by atoms with van der Waals surface area (Å²) in [7, 11) is 5.45. The van der Waals surface area contributed by atoms with Crippen molar-refractivity contribution in [2.45, 2.75) is 53.5 Å². The number of imidazole rings is 1. The first-order valence-electron chi connectivity index (χ1n) is 12.4. The topological polar surface area (TPSA) is 79.7 Å². The number of fused-ring (bicyclic) bond motifs is 1. The fourth-order valence-corrected chi connectivity index (χ4v) is 3.71. The number of amides is 1. The van der Waals surface area contributed by atoms with E-state index >= 15 is 0 Å². The average Bonchev–Trinajstić information content (AvgIpc) is 3.13. The predicted octanol–water partition coefficient (Wildman–Crippen LogP) is 4.11. The van der Waals surface area contributed by atoms with Gasteiger partial charge in [-0.05, 0) is 69.9 Å². The second-order valence-corrected chi connectivity index (χ2v) is 10.0. The largest absolute Gasteiger partial charge is 0.468 e. The summed E-state index contributed by atoms with van der Waals surface area (Å²) in [6, 6.07) is 5.71. The molecule has 0 saturated heterocycles. The van der Waals surface area contributed by atoms with Gasteiger partial charge in [0.25, 0.3) is 5.91 Å². The summed E-state index contributed by atoms with van der Waals surface area (Å²) in [5.41, 5.74) is 2.36. The Hall–Kier alpha value is -2.61. The molecule has 0 saturated carbocycles. The van der Waals surface area contributed by atoms with Crippen molar-refractivity contribution < 1.29 is 14.3 Å². The van der Waals surface area contributed by atoms with E-state index in [0.29, 0.717) is 23.3 Å². The summed E-state index contributed by atoms with van der Waals surface area (Å²) in [5, 5.41) is 3.10. The van der Waals surface area contributed by atoms with Crippen molar-refractivity contribution in [3.63, 3.8) is 0 Å². The quantitative estimate of drug-likeness (QED) is 0.416. The molecular formula is C26H43N5O3. The lowest BCUT2D eigenvalue weighted by Crippen LogP contribution is -2.34. The molecule has 0 unspecified atom stereocenters. The summed E-state index contributed by atoms with van der Waals surface area (Å²) < 4.78 is 6.82. The Morgan fingerprint density at radius 3 is 2.26 bits per heavy atom. The van der Waals surface area contributed by atoms with E-state index in [1.54, 1.807) is 0 Å². The lowest BCUT2D eigenvalue weighted by atomic mass is 10.1. The molecule has 1 aromatic heterocycles. The number of ether oxygens (including phenoxy) is 1. The standard InChI is InChI=1S/C26H43N5O3/c1-19(2)11-15-30(16-12-20(3)4)25(33)21-9-10-22-23(17-21)31(14-8-13-29(5)6)26(28-22)27-18-24(32)34-7/h9-10,17,19-20H,8,11-16,18H2,1-7H3,(H,27,28). The molecule has 1 aromatic carbocycles. The number of rotatable bonds is 14. The molecule has 1 heterocycles. The monoisotopic (exact) mass is 473 g/mol. The summed E-state index contributed by atoms with van der Waals surface area (Å²) in [5.74, 6) is 1.40. The molecule has 0 bridgehead atoms. The Morgan fingerprint density at radius 1 is 1.06 bits per heavy atom. The summed E-state index contributed by atoms with van der Waals surface area (Å²) in [6.07, 6.45) is 2.88. The molecule has 8 heteroatoms. The number of aryl methyl sites for hydroxylation is 1. The smallest absolute Gasteiger partial charge is 0.325 e. The van der Waals surface area contributed by atoms with E-state index in [0.717, 1.165) is 56.5 Å². The number of aromatic nitrogens is 2. The van der Waals surface area contributed by atoms with Crippen molar-refractivity contribution in [1.29, 1.82) is 0 Å². The number of nitrogens with zero attached hydrogens (tertiary/aromatic N) is 4. The van der Waals surface area contributed by atoms with E-state index in [4.69, 9.17) is 4.74 Å². The predicted molar refractivity (Wildman–Crippen MR) is 138 cm³/mol. The molecular weight excluding hydrogens is 430 g/mol. The van der Waals surface area contributed by atoms with Gasteiger partial charge in [-0.2, -0.15) is 0 Å². The Morgan fingerprint density at radius 2 is 1.71 bits per heavy atom. The Balaban J connectivity index is 2.36. The van der Waals surface area contributed by atoms with Crippen LogP contribution >= 0.6 is 0 Å². The van der Waals surface area contributed by atoms with Gasteiger partial charge in [0.2, 0.25) is 5.95 Å². The van der Waals surface area contributed by atoms with Gasteiger partial charge in [0, 0.05) is 25.2 Å². The zero-order valence-electron chi connectivity index (χ0n) is 22.1. The van der Waals surface area contributed by atoms with Gasteiger partial charge in [-0.15, -0.1) is 0 Å². The number of methoxy groups -OCH3 is 1. The fourth-order valence-electron chi connectivity index (χ4n) is 3.71. The fraction of sp³-hybridized carbons (Fsp3) is 0.654. The summed E-state index contributed by atoms with van der Waals surface area (Å²) >= 11 is 0. The number of nitrogens with one attached hydrogen (secondary N) is 1. The van der Waals surface area contributed by atoms with Crippen molar-refractivity contribution in [3.8, 4) is 0 Å². The van der Waals surface area contributed by atoms with Crippen molar-refractivity contribution in [3.05, 3.63) is 23.8 Å². The van der Waals surface area contributed by atoms with Gasteiger partial charge in [0.15, 0.2) is 0 Å². The second kappa shape index (κ2) is 13.3. The highest BCUT2D eigenvalue weighted by Gasteiger charge is 2.19. The van der Waals surface area contributed by atoms with Crippen molar-refractivity contribution in [1.82, 2.24) is 19.4 Å². The molecule has 8 nitrogen and oxygen atoms in total. The number of benzene rings is 1. The van der Waals surface area contributed by atoms with Crippen LogP contribution < -0.4 is 5.32 Å². The van der Waals surface area contributed by atoms with Gasteiger partial charge in [-0.1, -0.05) is 27.7 Å². The Kier molecular flexibility index (Phi) is 10.8. The summed E-state index contributed by atoms with van der Waals surface area (Å²) in [4.78, 5) is 34.0. The molecule has 190 valence electrons. The van der Waals surface area contributed by atoms with E-state index < -0.39 is 0 Å². The highest BCUT2D eigenvalue weighted by molar-refractivity contribution is 5.97. The first kappa shape index (κ1) is 27.6. The third kappa shape index (κ3) is 8.31. The molecule has 2 aromatic rings. The van der Waals surface area contributed by atoms with Crippen molar-refractivity contribution in [2.24, 2.45) is 11.8 Å². The SMILES string of the molecule is COC(=O)CNc1nc2ccc(C(=O)N(CCC(C)C)CCC(C)C)cc2n1CCCN(C)C. The van der Waals surface area contributed by atoms with Gasteiger partial charge >= 0.3 is 5.97 Å². The third-order valence-electron chi connectivity index (χ3n) is 5.84. The van der Waals surface area contributed by atoms with Crippen molar-refractivity contribution in [2.75, 3.05) is 52.7 Å². The van der Waals surface area contributed by atoms with Crippen LogP contribution in [0.1, 0.15) is 57.3 Å². The zero-order chi connectivity index (χ0) is 25.3. The third-order valence-corrected chi connectivity index (χ3v) is 5.84. The van der Waals surface area contributed by atoms with Gasteiger partial charge in [-0.25, -0.2) is 4.98 Å². The van der Waals surface area contributed by atoms with E-state index in [-0.39, 0.29) is 18.4 Å². The number of carbonyl (C=O) groups excluding carboxylic acids is 2. The maximum Gasteiger partial charge on any atom is 0.325 e. The molecule has 0 aliphatic heterocycles. The van der Waals surface area contributed by atoms with Gasteiger partial charge in [0.05, 0.1) is 18.1 Å². The lowest BCUT2D eigenvalue weighted by molar-refractivity contribution is -0.138. The zero-order valence-corrected chi connectivity index (χ0v) is 22.1. The van der Waals surface area contributed by atoms with Gasteiger partial charge in [0.1, 0.15) is 6.54 Å². The minimum Gasteiger partial charge on any atom is -0.468 e. The number of carbonyl (C=O) groups is 2. The Bertz CT molecular complexity index is 924. The summed E-state index contributed by atoms with van der Waals surface area (Å²) in [6.45, 7) is 12.0. The van der Waals surface area contributed by atoms with Crippen LogP contribution in [0.3, 0.4) is 0 Å². The van der Waals surface area contributed by atoms with Crippen LogP contribution in [0, 0.1) is 11.8 Å². The first-order chi connectivity index (χ1) is 16.1. The normalized spacial score (nSPS) is 11.6. The molecule has 0 aliphatic rings. The second-order valence-electron chi connectivity index (χ2n) is 10.0. The van der Waals surface area contributed by atoms with E-state index in [2.05, 4.69) is 47.5 Å². The molecule has 2 rings (SSSR count). The molecule has 0 radical (unpaired) electrons. The van der Waals surface area contributed by atoms with E-state index in [1.807, 2.05) is 37.2 Å². The highest BCUT2D eigenvalue weighted by Crippen LogP contribution is 2.23. The number of hydrogen-bond acceptors (Lipinski definition) is 6. The van der Waals surface area contributed by atoms with Crippen LogP contribution in [0.4, 0.5) is 5.95 Å². The van der Waals surface area contributed by atoms with Crippen LogP contribution in [-0.4, -0.2) is 78.6 Å². The highest BCUT2D eigenvalue weighted by atomic mass is 16.5. The maximum absolute atomic E-state index is 13.5. The minimum atomic E-state index is -0.353. The number of esters is 1. The van der Waals surface area contributed by atoms with Crippen LogP contribution in [0.2, 0.25) is 0 Å².